The smallest absolute Gasteiger partial charge is 0.325 e. The summed E-state index contributed by atoms with van der Waals surface area (Å²) in [6, 6.07) is 2.96. The summed E-state index contributed by atoms with van der Waals surface area (Å²) in [5.74, 6) is -0.733. The fourth-order valence-corrected chi connectivity index (χ4v) is 4.21. The highest BCUT2D eigenvalue weighted by Crippen LogP contribution is 2.28. The van der Waals surface area contributed by atoms with Gasteiger partial charge in [-0.25, -0.2) is 4.98 Å². The van der Waals surface area contributed by atoms with Crippen LogP contribution >= 0.6 is 0 Å². The quantitative estimate of drug-likeness (QED) is 0.523. The molecule has 31 heavy (non-hydrogen) atoms. The molecule has 1 atom stereocenters. The molecule has 1 amide bonds. The summed E-state index contributed by atoms with van der Waals surface area (Å²) in [7, 11) is 1.33. The molecule has 0 spiro atoms. The molecule has 2 aromatic heterocycles. The maximum absolute atomic E-state index is 12.9. The predicted octanol–water partition coefficient (Wildman–Crippen LogP) is 2.64. The average molecular weight is 431 g/mol. The number of anilines is 1. The zero-order chi connectivity index (χ0) is 22.4. The summed E-state index contributed by atoms with van der Waals surface area (Å²) in [5, 5.41) is 15.3. The number of aryl methyl sites for hydroxylation is 1. The van der Waals surface area contributed by atoms with Gasteiger partial charge in [0.2, 0.25) is 0 Å². The number of aromatic nitrogens is 2. The van der Waals surface area contributed by atoms with Gasteiger partial charge < -0.3 is 20.5 Å². The highest BCUT2D eigenvalue weighted by Gasteiger charge is 2.27. The number of nitrogens with one attached hydrogen (secondary N) is 2. The van der Waals surface area contributed by atoms with E-state index in [0.29, 0.717) is 23.4 Å². The Kier molecular flexibility index (Phi) is 7.49. The van der Waals surface area contributed by atoms with Crippen LogP contribution in [-0.2, 0) is 20.7 Å². The van der Waals surface area contributed by atoms with Crippen LogP contribution in [-0.4, -0.2) is 52.0 Å². The number of aliphatic carboxylic acids is 1. The van der Waals surface area contributed by atoms with Gasteiger partial charge in [-0.2, -0.15) is 0 Å². The number of ether oxygens (including phenoxy) is 1. The molecule has 9 heteroatoms. The molecular formula is C22H30N4O5. The molecule has 1 aliphatic carbocycles. The number of imidazole rings is 1. The van der Waals surface area contributed by atoms with Crippen LogP contribution in [0.1, 0.15) is 61.5 Å². The van der Waals surface area contributed by atoms with E-state index in [9.17, 15) is 19.5 Å². The largest absolute Gasteiger partial charge is 0.481 e. The molecule has 168 valence electrons. The summed E-state index contributed by atoms with van der Waals surface area (Å²) in [4.78, 5) is 40.3. The van der Waals surface area contributed by atoms with Crippen molar-refractivity contribution in [3.05, 3.63) is 29.6 Å². The van der Waals surface area contributed by atoms with Gasteiger partial charge in [0.05, 0.1) is 19.2 Å². The zero-order valence-corrected chi connectivity index (χ0v) is 18.0. The van der Waals surface area contributed by atoms with Crippen LogP contribution in [0, 0.1) is 5.92 Å². The van der Waals surface area contributed by atoms with E-state index >= 15 is 0 Å². The van der Waals surface area contributed by atoms with Crippen LogP contribution in [0.25, 0.3) is 5.65 Å². The molecule has 0 bridgehead atoms. The number of carboxylic acids is 1. The topological polar surface area (TPSA) is 122 Å². The predicted molar refractivity (Wildman–Crippen MR) is 115 cm³/mol. The van der Waals surface area contributed by atoms with E-state index in [0.717, 1.165) is 37.8 Å². The SMILES string of the molecule is CCc1nc2cc(C(=O)NC(CC(=O)O)C3CCCCC3)ccn2c1NCC(=O)OC. The Labute approximate surface area is 181 Å². The van der Waals surface area contributed by atoms with Crippen LogP contribution in [0.5, 0.6) is 0 Å². The first-order chi connectivity index (χ1) is 14.9. The number of carbonyl (C=O) groups excluding carboxylic acids is 2. The summed E-state index contributed by atoms with van der Waals surface area (Å²) in [6.45, 7) is 1.97. The van der Waals surface area contributed by atoms with Crippen molar-refractivity contribution in [2.24, 2.45) is 5.92 Å². The molecule has 2 aromatic rings. The zero-order valence-electron chi connectivity index (χ0n) is 18.0. The van der Waals surface area contributed by atoms with Gasteiger partial charge in [0, 0.05) is 17.8 Å². The number of rotatable bonds is 9. The Morgan fingerprint density at radius 2 is 2.03 bits per heavy atom. The Bertz CT molecular complexity index is 949. The van der Waals surface area contributed by atoms with E-state index in [1.165, 1.54) is 7.11 Å². The second-order valence-electron chi connectivity index (χ2n) is 7.91. The first-order valence-electron chi connectivity index (χ1n) is 10.8. The summed E-state index contributed by atoms with van der Waals surface area (Å²) < 4.78 is 6.46. The van der Waals surface area contributed by atoms with Gasteiger partial charge in [-0.15, -0.1) is 0 Å². The van der Waals surface area contributed by atoms with E-state index in [1.807, 2.05) is 6.92 Å². The standard InChI is InChI=1S/C22H30N4O5/c1-3-16-21(23-13-20(29)31-2)26-10-9-15(11-18(26)24-16)22(30)25-17(12-19(27)28)14-7-5-4-6-8-14/h9-11,14,17,23H,3-8,12-13H2,1-2H3,(H,25,30)(H,27,28). The van der Waals surface area contributed by atoms with E-state index in [-0.39, 0.29) is 36.8 Å². The molecular weight excluding hydrogens is 400 g/mol. The second-order valence-corrected chi connectivity index (χ2v) is 7.91. The monoisotopic (exact) mass is 430 g/mol. The Hall–Kier alpha value is -3.10. The van der Waals surface area contributed by atoms with Gasteiger partial charge in [-0.05, 0) is 37.3 Å². The highest BCUT2D eigenvalue weighted by atomic mass is 16.5. The number of carboxylic acid groups (broad SMARTS) is 1. The van der Waals surface area contributed by atoms with Gasteiger partial charge >= 0.3 is 11.9 Å². The molecule has 1 aliphatic rings. The molecule has 0 saturated heterocycles. The van der Waals surface area contributed by atoms with Gasteiger partial charge in [-0.3, -0.25) is 18.8 Å². The number of hydrogen-bond acceptors (Lipinski definition) is 6. The molecule has 3 rings (SSSR count). The molecule has 0 radical (unpaired) electrons. The van der Waals surface area contributed by atoms with E-state index in [2.05, 4.69) is 20.4 Å². The van der Waals surface area contributed by atoms with Gasteiger partial charge in [0.1, 0.15) is 18.0 Å². The number of esters is 1. The number of carbonyl (C=O) groups is 3. The maximum atomic E-state index is 12.9. The van der Waals surface area contributed by atoms with Crippen LogP contribution in [0.3, 0.4) is 0 Å². The molecule has 0 aromatic carbocycles. The van der Waals surface area contributed by atoms with Crippen molar-refractivity contribution in [2.75, 3.05) is 19.0 Å². The van der Waals surface area contributed by atoms with Crippen molar-refractivity contribution in [1.29, 1.82) is 0 Å². The van der Waals surface area contributed by atoms with Gasteiger partial charge in [0.25, 0.3) is 5.91 Å². The van der Waals surface area contributed by atoms with Crippen molar-refractivity contribution in [3.8, 4) is 0 Å². The van der Waals surface area contributed by atoms with Crippen LogP contribution in [0.2, 0.25) is 0 Å². The lowest BCUT2D eigenvalue weighted by Crippen LogP contribution is -2.42. The molecule has 2 heterocycles. The van der Waals surface area contributed by atoms with Crippen LogP contribution in [0.4, 0.5) is 5.82 Å². The summed E-state index contributed by atoms with van der Waals surface area (Å²) in [6.07, 6.45) is 7.46. The fraction of sp³-hybridized carbons (Fsp3) is 0.545. The molecule has 1 fully saturated rings. The first-order valence-corrected chi connectivity index (χ1v) is 10.8. The Balaban J connectivity index is 1.80. The third-order valence-corrected chi connectivity index (χ3v) is 5.85. The number of pyridine rings is 1. The van der Waals surface area contributed by atoms with E-state index in [4.69, 9.17) is 0 Å². The lowest BCUT2D eigenvalue weighted by Gasteiger charge is -2.30. The third kappa shape index (κ3) is 5.53. The van der Waals surface area contributed by atoms with E-state index < -0.39 is 5.97 Å². The van der Waals surface area contributed by atoms with Crippen LogP contribution in [0.15, 0.2) is 18.3 Å². The minimum atomic E-state index is -0.909. The molecule has 1 unspecified atom stereocenters. The molecule has 3 N–H and O–H groups in total. The number of nitrogens with zero attached hydrogens (tertiary/aromatic N) is 2. The summed E-state index contributed by atoms with van der Waals surface area (Å²) in [5.41, 5.74) is 1.77. The van der Waals surface area contributed by atoms with Crippen molar-refractivity contribution in [3.63, 3.8) is 0 Å². The van der Waals surface area contributed by atoms with E-state index in [1.54, 1.807) is 22.7 Å². The Morgan fingerprint density at radius 1 is 1.29 bits per heavy atom. The molecule has 9 nitrogen and oxygen atoms in total. The van der Waals surface area contributed by atoms with Crippen LogP contribution < -0.4 is 10.6 Å². The normalized spacial score (nSPS) is 15.4. The number of amides is 1. The van der Waals surface area contributed by atoms with Crippen molar-refractivity contribution in [1.82, 2.24) is 14.7 Å². The maximum Gasteiger partial charge on any atom is 0.325 e. The van der Waals surface area contributed by atoms with Crippen molar-refractivity contribution < 1.29 is 24.2 Å². The minimum absolute atomic E-state index is 0.0117. The Morgan fingerprint density at radius 3 is 2.68 bits per heavy atom. The van der Waals surface area contributed by atoms with Crippen molar-refractivity contribution in [2.45, 2.75) is 57.9 Å². The number of hydrogen-bond donors (Lipinski definition) is 3. The second kappa shape index (κ2) is 10.3. The molecule has 0 aliphatic heterocycles. The van der Waals surface area contributed by atoms with Gasteiger partial charge in [-0.1, -0.05) is 26.2 Å². The third-order valence-electron chi connectivity index (χ3n) is 5.85. The van der Waals surface area contributed by atoms with Crippen molar-refractivity contribution >= 4 is 29.3 Å². The number of fused-ring (bicyclic) bond motifs is 1. The first kappa shape index (κ1) is 22.6. The average Bonchev–Trinajstić information content (AvgIpc) is 3.14. The lowest BCUT2D eigenvalue weighted by atomic mass is 9.82. The van der Waals surface area contributed by atoms with Gasteiger partial charge in [0.15, 0.2) is 0 Å². The number of methoxy groups -OCH3 is 1. The highest BCUT2D eigenvalue weighted by molar-refractivity contribution is 5.95. The lowest BCUT2D eigenvalue weighted by molar-refractivity contribution is -0.139. The fourth-order valence-electron chi connectivity index (χ4n) is 4.21. The molecule has 1 saturated carbocycles. The minimum Gasteiger partial charge on any atom is -0.481 e. The summed E-state index contributed by atoms with van der Waals surface area (Å²) >= 11 is 0.